The molecule has 1 aromatic rings. The molecule has 0 aliphatic heterocycles. The first kappa shape index (κ1) is 13.3. The Morgan fingerprint density at radius 1 is 1.39 bits per heavy atom. The van der Waals surface area contributed by atoms with Crippen LogP contribution in [0.1, 0.15) is 19.3 Å². The van der Waals surface area contributed by atoms with Gasteiger partial charge in [0.15, 0.2) is 0 Å². The Bertz CT molecular complexity index is 516. The molecule has 0 radical (unpaired) electrons. The zero-order valence-electron chi connectivity index (χ0n) is 10.0. The predicted molar refractivity (Wildman–Crippen MR) is 69.4 cm³/mol. The minimum atomic E-state index is -3.50. The standard InChI is InChI=1S/C12H18N2O3S/c13-10-2-1-3-12(7-10)18(16,17)14-8-9-4-5-11(15)6-9/h1-3,7,9,11,14-15H,4-6,8,13H2. The number of nitrogens with two attached hydrogens (primary N) is 1. The van der Waals surface area contributed by atoms with Crippen LogP contribution < -0.4 is 10.5 Å². The summed E-state index contributed by atoms with van der Waals surface area (Å²) >= 11 is 0. The topological polar surface area (TPSA) is 92.4 Å². The molecule has 1 aliphatic rings. The van der Waals surface area contributed by atoms with Crippen LogP contribution in [0.4, 0.5) is 5.69 Å². The maximum Gasteiger partial charge on any atom is 0.240 e. The van der Waals surface area contributed by atoms with Gasteiger partial charge in [0.05, 0.1) is 11.0 Å². The molecule has 1 fully saturated rings. The van der Waals surface area contributed by atoms with Gasteiger partial charge in [-0.15, -0.1) is 0 Å². The van der Waals surface area contributed by atoms with E-state index in [2.05, 4.69) is 4.72 Å². The molecule has 100 valence electrons. The molecule has 2 unspecified atom stereocenters. The Kier molecular flexibility index (Phi) is 3.89. The van der Waals surface area contributed by atoms with E-state index in [0.717, 1.165) is 12.8 Å². The summed E-state index contributed by atoms with van der Waals surface area (Å²) in [6.07, 6.45) is 2.00. The van der Waals surface area contributed by atoms with Crippen LogP contribution in [0.3, 0.4) is 0 Å². The molecule has 1 aromatic carbocycles. The van der Waals surface area contributed by atoms with E-state index in [-0.39, 0.29) is 16.9 Å². The van der Waals surface area contributed by atoms with E-state index in [1.54, 1.807) is 12.1 Å². The van der Waals surface area contributed by atoms with Gasteiger partial charge in [-0.3, -0.25) is 0 Å². The number of nitrogens with one attached hydrogen (secondary N) is 1. The van der Waals surface area contributed by atoms with Crippen molar-refractivity contribution in [3.63, 3.8) is 0 Å². The molecule has 6 heteroatoms. The lowest BCUT2D eigenvalue weighted by molar-refractivity contribution is 0.178. The van der Waals surface area contributed by atoms with Gasteiger partial charge >= 0.3 is 0 Å². The quantitative estimate of drug-likeness (QED) is 0.702. The second-order valence-corrected chi connectivity index (χ2v) is 6.52. The second kappa shape index (κ2) is 5.26. The van der Waals surface area contributed by atoms with Crippen molar-refractivity contribution in [2.45, 2.75) is 30.3 Å². The first-order chi connectivity index (χ1) is 8.47. The smallest absolute Gasteiger partial charge is 0.240 e. The fourth-order valence-electron chi connectivity index (χ4n) is 2.23. The molecule has 5 nitrogen and oxygen atoms in total. The number of aliphatic hydroxyl groups excluding tert-OH is 1. The van der Waals surface area contributed by atoms with E-state index >= 15 is 0 Å². The zero-order valence-corrected chi connectivity index (χ0v) is 10.9. The number of hydrogen-bond donors (Lipinski definition) is 3. The van der Waals surface area contributed by atoms with Crippen molar-refractivity contribution >= 4 is 15.7 Å². The summed E-state index contributed by atoms with van der Waals surface area (Å²) in [7, 11) is -3.50. The molecule has 1 aliphatic carbocycles. The van der Waals surface area contributed by atoms with E-state index in [9.17, 15) is 13.5 Å². The molecule has 1 saturated carbocycles. The summed E-state index contributed by atoms with van der Waals surface area (Å²) in [5.74, 6) is 0.218. The maximum absolute atomic E-state index is 12.0. The lowest BCUT2D eigenvalue weighted by atomic mass is 10.1. The van der Waals surface area contributed by atoms with Crippen molar-refractivity contribution in [3.8, 4) is 0 Å². The Labute approximate surface area is 107 Å². The van der Waals surface area contributed by atoms with E-state index in [1.807, 2.05) is 0 Å². The first-order valence-corrected chi connectivity index (χ1v) is 7.49. The highest BCUT2D eigenvalue weighted by Gasteiger charge is 2.24. The van der Waals surface area contributed by atoms with Crippen LogP contribution in [0.25, 0.3) is 0 Å². The predicted octanol–water partition coefficient (Wildman–Crippen LogP) is 0.708. The van der Waals surface area contributed by atoms with Gasteiger partial charge in [0.2, 0.25) is 10.0 Å². The third-order valence-corrected chi connectivity index (χ3v) is 4.67. The van der Waals surface area contributed by atoms with Gasteiger partial charge < -0.3 is 10.8 Å². The number of benzene rings is 1. The van der Waals surface area contributed by atoms with Crippen molar-refractivity contribution in [1.29, 1.82) is 0 Å². The molecule has 2 atom stereocenters. The Morgan fingerprint density at radius 3 is 2.78 bits per heavy atom. The van der Waals surface area contributed by atoms with Crippen LogP contribution in [0, 0.1) is 5.92 Å². The summed E-state index contributed by atoms with van der Waals surface area (Å²) < 4.78 is 26.6. The minimum Gasteiger partial charge on any atom is -0.399 e. The van der Waals surface area contributed by atoms with Crippen molar-refractivity contribution in [2.24, 2.45) is 5.92 Å². The van der Waals surface area contributed by atoms with Crippen LogP contribution in [0.2, 0.25) is 0 Å². The highest BCUT2D eigenvalue weighted by Crippen LogP contribution is 2.25. The van der Waals surface area contributed by atoms with E-state index < -0.39 is 10.0 Å². The average Bonchev–Trinajstić information content (AvgIpc) is 2.73. The molecule has 0 saturated heterocycles. The molecular weight excluding hydrogens is 252 g/mol. The Morgan fingerprint density at radius 2 is 2.17 bits per heavy atom. The molecule has 18 heavy (non-hydrogen) atoms. The maximum atomic E-state index is 12.0. The van der Waals surface area contributed by atoms with Gasteiger partial charge in [-0.1, -0.05) is 6.07 Å². The van der Waals surface area contributed by atoms with E-state index in [4.69, 9.17) is 5.73 Å². The fourth-order valence-corrected chi connectivity index (χ4v) is 3.40. The van der Waals surface area contributed by atoms with E-state index in [0.29, 0.717) is 18.7 Å². The summed E-state index contributed by atoms with van der Waals surface area (Å²) in [5, 5.41) is 9.39. The average molecular weight is 270 g/mol. The van der Waals surface area contributed by atoms with Crippen molar-refractivity contribution < 1.29 is 13.5 Å². The van der Waals surface area contributed by atoms with Gasteiger partial charge in [0.1, 0.15) is 0 Å². The van der Waals surface area contributed by atoms with E-state index in [1.165, 1.54) is 12.1 Å². The SMILES string of the molecule is Nc1cccc(S(=O)(=O)NCC2CCC(O)C2)c1. The van der Waals surface area contributed by atoms with Crippen LogP contribution in [-0.4, -0.2) is 26.2 Å². The summed E-state index contributed by atoms with van der Waals surface area (Å²) in [4.78, 5) is 0.182. The van der Waals surface area contributed by atoms with Crippen LogP contribution in [0.15, 0.2) is 29.2 Å². The molecule has 0 bridgehead atoms. The van der Waals surface area contributed by atoms with Crippen LogP contribution in [0.5, 0.6) is 0 Å². The number of aliphatic hydroxyl groups is 1. The highest BCUT2D eigenvalue weighted by atomic mass is 32.2. The van der Waals surface area contributed by atoms with Crippen LogP contribution in [-0.2, 0) is 10.0 Å². The largest absolute Gasteiger partial charge is 0.399 e. The number of sulfonamides is 1. The third-order valence-electron chi connectivity index (χ3n) is 3.24. The number of rotatable bonds is 4. The monoisotopic (exact) mass is 270 g/mol. The van der Waals surface area contributed by atoms with Gasteiger partial charge in [-0.2, -0.15) is 0 Å². The molecule has 0 heterocycles. The molecule has 4 N–H and O–H groups in total. The molecule has 2 rings (SSSR count). The highest BCUT2D eigenvalue weighted by molar-refractivity contribution is 7.89. The number of nitrogen functional groups attached to an aromatic ring is 1. The third kappa shape index (κ3) is 3.22. The number of anilines is 1. The fraction of sp³-hybridized carbons (Fsp3) is 0.500. The van der Waals surface area contributed by atoms with Gasteiger partial charge in [0.25, 0.3) is 0 Å². The molecule has 0 aromatic heterocycles. The molecule has 0 spiro atoms. The lowest BCUT2D eigenvalue weighted by Crippen LogP contribution is -2.28. The molecule has 0 amide bonds. The van der Waals surface area contributed by atoms with Crippen LogP contribution >= 0.6 is 0 Å². The lowest BCUT2D eigenvalue weighted by Gasteiger charge is -2.11. The van der Waals surface area contributed by atoms with Crippen molar-refractivity contribution in [1.82, 2.24) is 4.72 Å². The van der Waals surface area contributed by atoms with Gasteiger partial charge in [-0.25, -0.2) is 13.1 Å². The first-order valence-electron chi connectivity index (χ1n) is 6.00. The summed E-state index contributed by atoms with van der Waals surface area (Å²) in [5.41, 5.74) is 5.99. The number of hydrogen-bond acceptors (Lipinski definition) is 4. The Balaban J connectivity index is 1.99. The van der Waals surface area contributed by atoms with Crippen molar-refractivity contribution in [2.75, 3.05) is 12.3 Å². The normalized spacial score (nSPS) is 24.3. The zero-order chi connectivity index (χ0) is 13.2. The summed E-state index contributed by atoms with van der Waals surface area (Å²) in [6.45, 7) is 0.369. The minimum absolute atomic E-state index is 0.182. The second-order valence-electron chi connectivity index (χ2n) is 4.76. The van der Waals surface area contributed by atoms with Crippen molar-refractivity contribution in [3.05, 3.63) is 24.3 Å². The van der Waals surface area contributed by atoms with Gasteiger partial charge in [-0.05, 0) is 43.4 Å². The molecular formula is C12H18N2O3S. The Hall–Kier alpha value is -1.11. The summed E-state index contributed by atoms with van der Waals surface area (Å²) in [6, 6.07) is 6.21. The van der Waals surface area contributed by atoms with Gasteiger partial charge in [0, 0.05) is 12.2 Å².